The minimum Gasteiger partial charge on any atom is -0.390 e. The van der Waals surface area contributed by atoms with Gasteiger partial charge in [0.2, 0.25) is 5.91 Å². The first-order chi connectivity index (χ1) is 7.13. The Hall–Kier alpha value is -1.42. The van der Waals surface area contributed by atoms with E-state index in [1.165, 1.54) is 0 Å². The Morgan fingerprint density at radius 3 is 2.93 bits per heavy atom. The molecule has 82 valence electrons. The first-order valence-electron chi connectivity index (χ1n) is 4.98. The summed E-state index contributed by atoms with van der Waals surface area (Å²) in [6.45, 7) is 3.80. The number of aliphatic hydroxyl groups excluding tert-OH is 1. The number of nitrogens with one attached hydrogen (secondary N) is 1. The molecule has 0 saturated heterocycles. The average Bonchev–Trinajstić information content (AvgIpc) is 2.17. The van der Waals surface area contributed by atoms with Gasteiger partial charge in [0.25, 0.3) is 0 Å². The van der Waals surface area contributed by atoms with Gasteiger partial charge in [0.15, 0.2) is 0 Å². The Labute approximate surface area is 89.3 Å². The number of carbonyl (C=O) groups excluding carboxylic acids is 1. The van der Waals surface area contributed by atoms with E-state index in [-0.39, 0.29) is 12.5 Å². The molecule has 1 aromatic rings. The van der Waals surface area contributed by atoms with Crippen LogP contribution in [0.25, 0.3) is 0 Å². The van der Waals surface area contributed by atoms with Crippen molar-refractivity contribution in [1.82, 2.24) is 4.98 Å². The van der Waals surface area contributed by atoms with E-state index in [1.807, 2.05) is 13.8 Å². The average molecular weight is 208 g/mol. The van der Waals surface area contributed by atoms with E-state index in [4.69, 9.17) is 5.11 Å². The van der Waals surface area contributed by atoms with Crippen LogP contribution in [-0.4, -0.2) is 16.0 Å². The summed E-state index contributed by atoms with van der Waals surface area (Å²) in [6.07, 6.45) is 2.06. The van der Waals surface area contributed by atoms with Crippen LogP contribution in [0.4, 0.5) is 5.69 Å². The molecule has 0 aliphatic rings. The van der Waals surface area contributed by atoms with Crippen molar-refractivity contribution in [3.63, 3.8) is 0 Å². The third-order valence-electron chi connectivity index (χ3n) is 1.91. The number of hydrogen-bond donors (Lipinski definition) is 2. The molecule has 15 heavy (non-hydrogen) atoms. The number of amides is 1. The highest BCUT2D eigenvalue weighted by molar-refractivity contribution is 5.91. The Kier molecular flexibility index (Phi) is 4.24. The number of rotatable bonds is 4. The number of carbonyl (C=O) groups is 1. The standard InChI is InChI=1S/C11H16N2O2/c1-8(2)6-11(15)13-9-4-3-5-12-10(9)7-14/h3-5,8,14H,6-7H2,1-2H3,(H,13,15). The van der Waals surface area contributed by atoms with Crippen molar-refractivity contribution in [3.8, 4) is 0 Å². The quantitative estimate of drug-likeness (QED) is 0.789. The molecule has 0 fully saturated rings. The summed E-state index contributed by atoms with van der Waals surface area (Å²) in [4.78, 5) is 15.4. The van der Waals surface area contributed by atoms with Crippen LogP contribution >= 0.6 is 0 Å². The highest BCUT2D eigenvalue weighted by Crippen LogP contribution is 2.13. The molecule has 0 saturated carbocycles. The lowest BCUT2D eigenvalue weighted by molar-refractivity contribution is -0.116. The molecule has 1 heterocycles. The van der Waals surface area contributed by atoms with Crippen molar-refractivity contribution >= 4 is 11.6 Å². The van der Waals surface area contributed by atoms with E-state index in [0.29, 0.717) is 23.7 Å². The monoisotopic (exact) mass is 208 g/mol. The van der Waals surface area contributed by atoms with Crippen molar-refractivity contribution < 1.29 is 9.90 Å². The third-order valence-corrected chi connectivity index (χ3v) is 1.91. The zero-order chi connectivity index (χ0) is 11.3. The maximum absolute atomic E-state index is 11.5. The lowest BCUT2D eigenvalue weighted by atomic mass is 10.1. The summed E-state index contributed by atoms with van der Waals surface area (Å²) in [5.41, 5.74) is 1.08. The van der Waals surface area contributed by atoms with Gasteiger partial charge < -0.3 is 10.4 Å². The molecule has 0 aromatic carbocycles. The molecule has 0 aliphatic heterocycles. The van der Waals surface area contributed by atoms with Crippen LogP contribution in [-0.2, 0) is 11.4 Å². The van der Waals surface area contributed by atoms with Crippen LogP contribution in [0.3, 0.4) is 0 Å². The molecule has 4 nitrogen and oxygen atoms in total. The van der Waals surface area contributed by atoms with Gasteiger partial charge in [0.1, 0.15) is 0 Å². The SMILES string of the molecule is CC(C)CC(=O)Nc1cccnc1CO. The molecular weight excluding hydrogens is 192 g/mol. The van der Waals surface area contributed by atoms with Crippen molar-refractivity contribution in [1.29, 1.82) is 0 Å². The molecule has 0 aliphatic carbocycles. The van der Waals surface area contributed by atoms with E-state index >= 15 is 0 Å². The number of anilines is 1. The first kappa shape index (κ1) is 11.7. The highest BCUT2D eigenvalue weighted by Gasteiger charge is 2.08. The lowest BCUT2D eigenvalue weighted by Crippen LogP contribution is -2.15. The second-order valence-electron chi connectivity index (χ2n) is 3.80. The van der Waals surface area contributed by atoms with Crippen LogP contribution in [0.1, 0.15) is 26.0 Å². The van der Waals surface area contributed by atoms with E-state index in [0.717, 1.165) is 0 Å². The zero-order valence-corrected chi connectivity index (χ0v) is 9.03. The summed E-state index contributed by atoms with van der Waals surface area (Å²) in [5.74, 6) is 0.270. The molecule has 2 N–H and O–H groups in total. The van der Waals surface area contributed by atoms with E-state index in [2.05, 4.69) is 10.3 Å². The fourth-order valence-electron chi connectivity index (χ4n) is 1.25. The van der Waals surface area contributed by atoms with Gasteiger partial charge in [0, 0.05) is 12.6 Å². The number of hydrogen-bond acceptors (Lipinski definition) is 3. The van der Waals surface area contributed by atoms with Gasteiger partial charge >= 0.3 is 0 Å². The minimum absolute atomic E-state index is 0.0484. The Balaban J connectivity index is 2.67. The number of aliphatic hydroxyl groups is 1. The smallest absolute Gasteiger partial charge is 0.224 e. The first-order valence-corrected chi connectivity index (χ1v) is 4.98. The Bertz CT molecular complexity index is 337. The topological polar surface area (TPSA) is 62.2 Å². The third kappa shape index (κ3) is 3.67. The number of nitrogens with zero attached hydrogens (tertiary/aromatic N) is 1. The fraction of sp³-hybridized carbons (Fsp3) is 0.455. The van der Waals surface area contributed by atoms with Crippen LogP contribution < -0.4 is 5.32 Å². The van der Waals surface area contributed by atoms with Crippen LogP contribution in [0.5, 0.6) is 0 Å². The second-order valence-corrected chi connectivity index (χ2v) is 3.80. The second kappa shape index (κ2) is 5.46. The van der Waals surface area contributed by atoms with Crippen LogP contribution in [0.15, 0.2) is 18.3 Å². The van der Waals surface area contributed by atoms with Gasteiger partial charge in [-0.1, -0.05) is 13.8 Å². The Morgan fingerprint density at radius 1 is 1.60 bits per heavy atom. The van der Waals surface area contributed by atoms with Gasteiger partial charge in [-0.15, -0.1) is 0 Å². The molecule has 4 heteroatoms. The summed E-state index contributed by atoms with van der Waals surface area (Å²) < 4.78 is 0. The molecule has 0 radical (unpaired) electrons. The summed E-state index contributed by atoms with van der Waals surface area (Å²) in [5, 5.41) is 11.7. The summed E-state index contributed by atoms with van der Waals surface area (Å²) >= 11 is 0. The Morgan fingerprint density at radius 2 is 2.33 bits per heavy atom. The van der Waals surface area contributed by atoms with Gasteiger partial charge in [-0.3, -0.25) is 9.78 Å². The molecule has 0 bridgehead atoms. The number of pyridine rings is 1. The number of aromatic nitrogens is 1. The largest absolute Gasteiger partial charge is 0.390 e. The molecule has 0 unspecified atom stereocenters. The minimum atomic E-state index is -0.169. The normalized spacial score (nSPS) is 10.4. The summed E-state index contributed by atoms with van der Waals surface area (Å²) in [6, 6.07) is 3.46. The molecule has 1 amide bonds. The van der Waals surface area contributed by atoms with E-state index in [9.17, 15) is 4.79 Å². The maximum Gasteiger partial charge on any atom is 0.224 e. The van der Waals surface area contributed by atoms with Crippen molar-refractivity contribution in [2.45, 2.75) is 26.9 Å². The molecular formula is C11H16N2O2. The van der Waals surface area contributed by atoms with Crippen LogP contribution in [0.2, 0.25) is 0 Å². The van der Waals surface area contributed by atoms with E-state index < -0.39 is 0 Å². The highest BCUT2D eigenvalue weighted by atomic mass is 16.3. The van der Waals surface area contributed by atoms with Gasteiger partial charge in [-0.25, -0.2) is 0 Å². The fourth-order valence-corrected chi connectivity index (χ4v) is 1.25. The van der Waals surface area contributed by atoms with Crippen LogP contribution in [0, 0.1) is 5.92 Å². The van der Waals surface area contributed by atoms with Gasteiger partial charge in [-0.05, 0) is 18.1 Å². The maximum atomic E-state index is 11.5. The molecule has 1 rings (SSSR count). The summed E-state index contributed by atoms with van der Waals surface area (Å²) in [7, 11) is 0. The predicted molar refractivity (Wildman–Crippen MR) is 58.2 cm³/mol. The van der Waals surface area contributed by atoms with Gasteiger partial charge in [-0.2, -0.15) is 0 Å². The molecule has 1 aromatic heterocycles. The van der Waals surface area contributed by atoms with Crippen molar-refractivity contribution in [3.05, 3.63) is 24.0 Å². The van der Waals surface area contributed by atoms with E-state index in [1.54, 1.807) is 18.3 Å². The van der Waals surface area contributed by atoms with Crippen molar-refractivity contribution in [2.75, 3.05) is 5.32 Å². The van der Waals surface area contributed by atoms with Gasteiger partial charge in [0.05, 0.1) is 18.0 Å². The van der Waals surface area contributed by atoms with Crippen molar-refractivity contribution in [2.24, 2.45) is 5.92 Å². The lowest BCUT2D eigenvalue weighted by Gasteiger charge is -2.09. The zero-order valence-electron chi connectivity index (χ0n) is 9.03. The molecule has 0 spiro atoms. The molecule has 0 atom stereocenters. The predicted octanol–water partition coefficient (Wildman–Crippen LogP) is 1.56.